The molecule has 0 fully saturated rings. The molecule has 0 saturated carbocycles. The van der Waals surface area contributed by atoms with Gasteiger partial charge in [0.15, 0.2) is 0 Å². The molecule has 0 heterocycles. The number of hydrogen-bond acceptors (Lipinski definition) is 6. The summed E-state index contributed by atoms with van der Waals surface area (Å²) in [5.74, 6) is -2.62. The first kappa shape index (κ1) is 34.1. The number of likely N-dealkylation sites (N-methyl/N-ethyl adjacent to an activating group) is 1. The molecule has 11 heteroatoms. The lowest BCUT2D eigenvalue weighted by atomic mass is 10.00. The summed E-state index contributed by atoms with van der Waals surface area (Å²) in [6.45, 7) is 3.78. The number of nitrogens with zero attached hydrogens (tertiary/aromatic N) is 1. The Labute approximate surface area is 262 Å². The molecule has 234 valence electrons. The average Bonchev–Trinajstić information content (AvgIpc) is 3.01. The Hall–Kier alpha value is -4.41. The van der Waals surface area contributed by atoms with Gasteiger partial charge in [0.25, 0.3) is 11.8 Å². The van der Waals surface area contributed by atoms with Crippen molar-refractivity contribution in [1.82, 2.24) is 21.0 Å². The Balaban J connectivity index is 1.87. The number of amides is 4. The van der Waals surface area contributed by atoms with Crippen LogP contribution >= 0.6 is 11.6 Å². The number of benzene rings is 3. The second-order valence-electron chi connectivity index (χ2n) is 10.8. The van der Waals surface area contributed by atoms with Crippen molar-refractivity contribution >= 4 is 35.2 Å². The number of nitrogens with one attached hydrogen (secondary N) is 3. The molecular weight excluding hydrogens is 584 g/mol. The molecule has 0 radical (unpaired) electrons. The molecule has 0 spiro atoms. The Bertz CT molecular complexity index is 1420. The minimum Gasteiger partial charge on any atom is -0.507 e. The number of rotatable bonds is 14. The highest BCUT2D eigenvalue weighted by atomic mass is 35.5. The summed E-state index contributed by atoms with van der Waals surface area (Å²) in [6.07, 6.45) is 0.578. The van der Waals surface area contributed by atoms with Crippen LogP contribution in [0.1, 0.15) is 41.8 Å². The number of carbonyl (C=O) groups excluding carboxylic acids is 4. The van der Waals surface area contributed by atoms with Gasteiger partial charge in [0, 0.05) is 24.9 Å². The molecule has 0 aromatic heterocycles. The molecule has 3 aromatic rings. The number of phenolic OH excluding ortho intramolecular Hbond substituents is 1. The van der Waals surface area contributed by atoms with Crippen molar-refractivity contribution < 1.29 is 29.1 Å². The van der Waals surface area contributed by atoms with E-state index in [4.69, 9.17) is 16.4 Å². The molecular formula is C33H39ClN4O6. The second-order valence-corrected chi connectivity index (χ2v) is 11.3. The molecule has 3 rings (SSSR count). The van der Waals surface area contributed by atoms with Gasteiger partial charge in [-0.15, -0.1) is 0 Å². The number of hydroxylamine groups is 2. The summed E-state index contributed by atoms with van der Waals surface area (Å²) in [5.41, 5.74) is 1.52. The van der Waals surface area contributed by atoms with Crippen LogP contribution in [0.15, 0.2) is 78.9 Å². The fourth-order valence-electron chi connectivity index (χ4n) is 4.59. The first-order chi connectivity index (χ1) is 21.0. The van der Waals surface area contributed by atoms with E-state index in [0.29, 0.717) is 0 Å². The van der Waals surface area contributed by atoms with E-state index in [9.17, 15) is 24.3 Å². The topological polar surface area (TPSA) is 137 Å². The zero-order valence-electron chi connectivity index (χ0n) is 25.2. The predicted molar refractivity (Wildman–Crippen MR) is 168 cm³/mol. The van der Waals surface area contributed by atoms with Gasteiger partial charge in [0.1, 0.15) is 23.9 Å². The van der Waals surface area contributed by atoms with E-state index >= 15 is 0 Å². The molecule has 10 nitrogen and oxygen atoms in total. The van der Waals surface area contributed by atoms with Crippen molar-refractivity contribution in [3.8, 4) is 5.75 Å². The summed E-state index contributed by atoms with van der Waals surface area (Å²) in [6, 6.07) is 19.3. The van der Waals surface area contributed by atoms with Gasteiger partial charge in [-0.05, 0) is 41.7 Å². The number of phenols is 1. The van der Waals surface area contributed by atoms with Crippen LogP contribution in [0, 0.1) is 5.92 Å². The number of aromatic hydroxyl groups is 1. The monoisotopic (exact) mass is 622 g/mol. The molecule has 0 aliphatic heterocycles. The quantitative estimate of drug-likeness (QED) is 0.203. The van der Waals surface area contributed by atoms with Crippen molar-refractivity contribution in [1.29, 1.82) is 0 Å². The summed E-state index contributed by atoms with van der Waals surface area (Å²) in [4.78, 5) is 58.8. The molecule has 0 aliphatic carbocycles. The van der Waals surface area contributed by atoms with Crippen molar-refractivity contribution in [2.24, 2.45) is 5.92 Å². The minimum absolute atomic E-state index is 0.00198. The van der Waals surface area contributed by atoms with Gasteiger partial charge in [-0.25, -0.2) is 5.06 Å². The standard InChI is InChI=1S/C33H39ClN4O6/c1-21(2)17-26(35-30(40)25-20-24(34)15-16-29(25)39)31(41)36-27(18-22-11-7-5-8-12-22)32(42)37-28(33(43)38(3)44-4)19-23-13-9-6-10-14-23/h5-16,20-21,26-28,39H,17-19H2,1-4H3,(H,35,40)(H,36,41)(H,37,42)/t26-,27-,28-/m0/s1. The molecule has 44 heavy (non-hydrogen) atoms. The van der Waals surface area contributed by atoms with Crippen molar-refractivity contribution in [3.05, 3.63) is 101 Å². The van der Waals surface area contributed by atoms with Crippen LogP contribution in [0.4, 0.5) is 0 Å². The Morgan fingerprint density at radius 2 is 1.32 bits per heavy atom. The van der Waals surface area contributed by atoms with Gasteiger partial charge in [-0.2, -0.15) is 0 Å². The third kappa shape index (κ3) is 10.1. The molecule has 3 atom stereocenters. The zero-order chi connectivity index (χ0) is 32.2. The Kier molecular flexibility index (Phi) is 12.7. The first-order valence-corrected chi connectivity index (χ1v) is 14.7. The highest BCUT2D eigenvalue weighted by Crippen LogP contribution is 2.22. The SMILES string of the molecule is CON(C)C(=O)[C@H](Cc1ccccc1)NC(=O)[C@H](Cc1ccccc1)NC(=O)[C@H](CC(C)C)NC(=O)c1cc(Cl)ccc1O. The summed E-state index contributed by atoms with van der Waals surface area (Å²) >= 11 is 6.02. The minimum atomic E-state index is -1.09. The number of hydrogen-bond donors (Lipinski definition) is 4. The highest BCUT2D eigenvalue weighted by molar-refractivity contribution is 6.31. The van der Waals surface area contributed by atoms with Crippen LogP contribution in [-0.4, -0.2) is 66.1 Å². The van der Waals surface area contributed by atoms with Gasteiger partial charge < -0.3 is 21.1 Å². The Morgan fingerprint density at radius 1 is 0.795 bits per heavy atom. The van der Waals surface area contributed by atoms with Gasteiger partial charge in [-0.1, -0.05) is 86.1 Å². The van der Waals surface area contributed by atoms with E-state index in [1.165, 1.54) is 32.4 Å². The second kappa shape index (κ2) is 16.4. The zero-order valence-corrected chi connectivity index (χ0v) is 26.0. The molecule has 0 saturated heterocycles. The number of carbonyl (C=O) groups is 4. The van der Waals surface area contributed by atoms with Gasteiger partial charge >= 0.3 is 0 Å². The van der Waals surface area contributed by atoms with E-state index < -0.39 is 41.8 Å². The fraction of sp³-hybridized carbons (Fsp3) is 0.333. The van der Waals surface area contributed by atoms with Gasteiger partial charge in [0.2, 0.25) is 11.8 Å². The van der Waals surface area contributed by atoms with E-state index in [-0.39, 0.29) is 41.5 Å². The maximum atomic E-state index is 13.8. The largest absolute Gasteiger partial charge is 0.507 e. The van der Waals surface area contributed by atoms with E-state index in [1.54, 1.807) is 0 Å². The summed E-state index contributed by atoms with van der Waals surface area (Å²) in [5, 5.41) is 19.8. The smallest absolute Gasteiger partial charge is 0.268 e. The van der Waals surface area contributed by atoms with Crippen LogP contribution in [-0.2, 0) is 32.1 Å². The molecule has 3 aromatic carbocycles. The van der Waals surface area contributed by atoms with Gasteiger partial charge in [-0.3, -0.25) is 24.0 Å². The summed E-state index contributed by atoms with van der Waals surface area (Å²) < 4.78 is 0. The maximum Gasteiger partial charge on any atom is 0.268 e. The van der Waals surface area contributed by atoms with Crippen molar-refractivity contribution in [2.45, 2.75) is 51.2 Å². The summed E-state index contributed by atoms with van der Waals surface area (Å²) in [7, 11) is 2.80. The molecule has 4 amide bonds. The predicted octanol–water partition coefficient (Wildman–Crippen LogP) is 3.66. The molecule has 0 bridgehead atoms. The van der Waals surface area contributed by atoms with E-state index in [0.717, 1.165) is 16.2 Å². The van der Waals surface area contributed by atoms with Crippen LogP contribution in [0.5, 0.6) is 5.75 Å². The first-order valence-electron chi connectivity index (χ1n) is 14.3. The maximum absolute atomic E-state index is 13.8. The van der Waals surface area contributed by atoms with Gasteiger partial charge in [0.05, 0.1) is 12.7 Å². The molecule has 0 aliphatic rings. The van der Waals surface area contributed by atoms with Crippen molar-refractivity contribution in [2.75, 3.05) is 14.2 Å². The van der Waals surface area contributed by atoms with Crippen LogP contribution in [0.2, 0.25) is 5.02 Å². The van der Waals surface area contributed by atoms with Crippen LogP contribution in [0.25, 0.3) is 0 Å². The molecule has 4 N–H and O–H groups in total. The van der Waals surface area contributed by atoms with E-state index in [1.807, 2.05) is 74.5 Å². The molecule has 0 unspecified atom stereocenters. The third-order valence-corrected chi connectivity index (χ3v) is 7.16. The lowest BCUT2D eigenvalue weighted by Gasteiger charge is -2.27. The van der Waals surface area contributed by atoms with Crippen LogP contribution < -0.4 is 16.0 Å². The van der Waals surface area contributed by atoms with Crippen LogP contribution in [0.3, 0.4) is 0 Å². The Morgan fingerprint density at radius 3 is 1.86 bits per heavy atom. The van der Waals surface area contributed by atoms with Crippen molar-refractivity contribution in [3.63, 3.8) is 0 Å². The average molecular weight is 623 g/mol. The van der Waals surface area contributed by atoms with E-state index in [2.05, 4.69) is 16.0 Å². The highest BCUT2D eigenvalue weighted by Gasteiger charge is 2.32. The fourth-order valence-corrected chi connectivity index (χ4v) is 4.76. The lowest BCUT2D eigenvalue weighted by molar-refractivity contribution is -0.171. The lowest BCUT2D eigenvalue weighted by Crippen LogP contribution is -2.58. The number of halogens is 1. The third-order valence-electron chi connectivity index (χ3n) is 6.93. The normalized spacial score (nSPS) is 13.0.